The summed E-state index contributed by atoms with van der Waals surface area (Å²) < 4.78 is 7.02. The van der Waals surface area contributed by atoms with Crippen molar-refractivity contribution in [1.82, 2.24) is 9.78 Å². The monoisotopic (exact) mass is 378 g/mol. The molecule has 0 saturated carbocycles. The van der Waals surface area contributed by atoms with Gasteiger partial charge in [-0.25, -0.2) is 4.68 Å². The summed E-state index contributed by atoms with van der Waals surface area (Å²) in [4.78, 5) is 14.9. The Balaban J connectivity index is 1.45. The van der Waals surface area contributed by atoms with E-state index in [-0.39, 0.29) is 12.5 Å². The molecule has 2 heterocycles. The molecule has 0 radical (unpaired) electrons. The number of benzene rings is 2. The van der Waals surface area contributed by atoms with Crippen LogP contribution in [0.2, 0.25) is 0 Å². The van der Waals surface area contributed by atoms with Crippen LogP contribution in [0.1, 0.15) is 15.9 Å². The van der Waals surface area contributed by atoms with Gasteiger partial charge in [0.2, 0.25) is 0 Å². The first kappa shape index (κ1) is 18.2. The Morgan fingerprint density at radius 1 is 1.11 bits per heavy atom. The molecule has 2 aromatic carbocycles. The molecule has 7 heteroatoms. The van der Waals surface area contributed by atoms with Crippen molar-refractivity contribution in [1.29, 1.82) is 0 Å². The van der Waals surface area contributed by atoms with Crippen molar-refractivity contribution >= 4 is 17.3 Å². The van der Waals surface area contributed by atoms with Crippen LogP contribution in [0.25, 0.3) is 5.69 Å². The van der Waals surface area contributed by atoms with Crippen LogP contribution in [-0.4, -0.2) is 47.1 Å². The van der Waals surface area contributed by atoms with Gasteiger partial charge in [-0.1, -0.05) is 6.07 Å². The van der Waals surface area contributed by atoms with E-state index in [2.05, 4.69) is 15.3 Å². The molecular formula is C21H22N4O3. The molecule has 1 saturated heterocycles. The smallest absolute Gasteiger partial charge is 0.255 e. The second kappa shape index (κ2) is 8.24. The molecule has 144 valence electrons. The van der Waals surface area contributed by atoms with Gasteiger partial charge in [0.05, 0.1) is 31.7 Å². The van der Waals surface area contributed by atoms with Gasteiger partial charge in [-0.2, -0.15) is 5.10 Å². The number of aromatic nitrogens is 2. The van der Waals surface area contributed by atoms with Gasteiger partial charge in [-0.05, 0) is 42.5 Å². The fourth-order valence-corrected chi connectivity index (χ4v) is 3.15. The average molecular weight is 378 g/mol. The van der Waals surface area contributed by atoms with E-state index in [1.165, 1.54) is 0 Å². The number of nitrogens with one attached hydrogen (secondary N) is 1. The maximum atomic E-state index is 12.6. The van der Waals surface area contributed by atoms with Gasteiger partial charge in [-0.15, -0.1) is 0 Å². The minimum atomic E-state index is -0.185. The molecule has 28 heavy (non-hydrogen) atoms. The van der Waals surface area contributed by atoms with Gasteiger partial charge in [0.1, 0.15) is 0 Å². The normalized spacial score (nSPS) is 14.1. The Kier molecular flexibility index (Phi) is 5.36. The SMILES string of the molecule is O=C(Nc1ccc(N2CCOCC2)cc1)c1cccc(-n2cc(CO)cn2)c1. The fourth-order valence-electron chi connectivity index (χ4n) is 3.15. The lowest BCUT2D eigenvalue weighted by atomic mass is 10.1. The largest absolute Gasteiger partial charge is 0.392 e. The molecule has 0 aliphatic carbocycles. The highest BCUT2D eigenvalue weighted by Gasteiger charge is 2.12. The van der Waals surface area contributed by atoms with Crippen LogP contribution in [0.4, 0.5) is 11.4 Å². The number of morpholine rings is 1. The first-order valence-corrected chi connectivity index (χ1v) is 9.22. The van der Waals surface area contributed by atoms with Gasteiger partial charge >= 0.3 is 0 Å². The van der Waals surface area contributed by atoms with Crippen LogP contribution in [-0.2, 0) is 11.3 Å². The number of hydrogen-bond donors (Lipinski definition) is 2. The second-order valence-corrected chi connectivity index (χ2v) is 6.60. The molecule has 0 bridgehead atoms. The highest BCUT2D eigenvalue weighted by molar-refractivity contribution is 6.04. The van der Waals surface area contributed by atoms with Crippen LogP contribution in [0, 0.1) is 0 Å². The molecule has 0 atom stereocenters. The third-order valence-corrected chi connectivity index (χ3v) is 4.69. The number of anilines is 2. The molecule has 0 spiro atoms. The van der Waals surface area contributed by atoms with Crippen LogP contribution < -0.4 is 10.2 Å². The van der Waals surface area contributed by atoms with E-state index in [1.54, 1.807) is 29.2 Å². The van der Waals surface area contributed by atoms with Crippen molar-refractivity contribution in [3.63, 3.8) is 0 Å². The molecule has 1 amide bonds. The Bertz CT molecular complexity index is 946. The number of amides is 1. The molecule has 0 unspecified atom stereocenters. The second-order valence-electron chi connectivity index (χ2n) is 6.60. The summed E-state index contributed by atoms with van der Waals surface area (Å²) in [5, 5.41) is 16.3. The number of carbonyl (C=O) groups is 1. The summed E-state index contributed by atoms with van der Waals surface area (Å²) in [5.74, 6) is -0.185. The molecule has 2 N–H and O–H groups in total. The molecule has 3 aromatic rings. The highest BCUT2D eigenvalue weighted by Crippen LogP contribution is 2.20. The average Bonchev–Trinajstić information content (AvgIpc) is 3.24. The Morgan fingerprint density at radius 3 is 2.61 bits per heavy atom. The van der Waals surface area contributed by atoms with Gasteiger partial charge in [-0.3, -0.25) is 4.79 Å². The molecule has 1 aliphatic heterocycles. The summed E-state index contributed by atoms with van der Waals surface area (Å²) in [6.45, 7) is 3.17. The molecule has 4 rings (SSSR count). The minimum Gasteiger partial charge on any atom is -0.392 e. The van der Waals surface area contributed by atoms with E-state index in [9.17, 15) is 9.90 Å². The first-order chi connectivity index (χ1) is 13.7. The lowest BCUT2D eigenvalue weighted by Crippen LogP contribution is -2.36. The van der Waals surface area contributed by atoms with Crippen LogP contribution in [0.3, 0.4) is 0 Å². The Morgan fingerprint density at radius 2 is 1.89 bits per heavy atom. The lowest BCUT2D eigenvalue weighted by molar-refractivity contribution is 0.102. The van der Waals surface area contributed by atoms with Crippen molar-refractivity contribution in [2.24, 2.45) is 0 Å². The Labute approximate surface area is 163 Å². The maximum Gasteiger partial charge on any atom is 0.255 e. The van der Waals surface area contributed by atoms with Crippen molar-refractivity contribution < 1.29 is 14.6 Å². The van der Waals surface area contributed by atoms with E-state index < -0.39 is 0 Å². The Hall–Kier alpha value is -3.16. The van der Waals surface area contributed by atoms with Crippen molar-refractivity contribution in [3.8, 4) is 5.69 Å². The number of aliphatic hydroxyl groups excluding tert-OH is 1. The van der Waals surface area contributed by atoms with E-state index in [0.717, 1.165) is 48.9 Å². The molecule has 1 aromatic heterocycles. The third-order valence-electron chi connectivity index (χ3n) is 4.69. The van der Waals surface area contributed by atoms with E-state index >= 15 is 0 Å². The summed E-state index contributed by atoms with van der Waals surface area (Å²) >= 11 is 0. The zero-order valence-corrected chi connectivity index (χ0v) is 15.4. The van der Waals surface area contributed by atoms with E-state index in [0.29, 0.717) is 5.56 Å². The number of hydrogen-bond acceptors (Lipinski definition) is 5. The minimum absolute atomic E-state index is 0.0688. The summed E-state index contributed by atoms with van der Waals surface area (Å²) in [7, 11) is 0. The van der Waals surface area contributed by atoms with Crippen molar-refractivity contribution in [3.05, 3.63) is 72.1 Å². The number of rotatable bonds is 5. The van der Waals surface area contributed by atoms with E-state index in [1.807, 2.05) is 36.4 Å². The first-order valence-electron chi connectivity index (χ1n) is 9.22. The summed E-state index contributed by atoms with van der Waals surface area (Å²) in [5.41, 5.74) is 3.89. The van der Waals surface area contributed by atoms with E-state index in [4.69, 9.17) is 4.74 Å². The molecule has 7 nitrogen and oxygen atoms in total. The lowest BCUT2D eigenvalue weighted by Gasteiger charge is -2.28. The third kappa shape index (κ3) is 4.05. The topological polar surface area (TPSA) is 79.6 Å². The molecule has 1 aliphatic rings. The highest BCUT2D eigenvalue weighted by atomic mass is 16.5. The van der Waals surface area contributed by atoms with Gasteiger partial charge in [0.25, 0.3) is 5.91 Å². The standard InChI is InChI=1S/C21H22N4O3/c26-15-16-13-22-25(14-16)20-3-1-2-17(12-20)21(27)23-18-4-6-19(7-5-18)24-8-10-28-11-9-24/h1-7,12-14,26H,8-11,15H2,(H,23,27). The van der Waals surface area contributed by atoms with Gasteiger partial charge in [0, 0.05) is 41.8 Å². The maximum absolute atomic E-state index is 12.6. The van der Waals surface area contributed by atoms with Crippen LogP contribution in [0.5, 0.6) is 0 Å². The zero-order valence-electron chi connectivity index (χ0n) is 15.4. The summed E-state index contributed by atoms with van der Waals surface area (Å²) in [6.07, 6.45) is 3.34. The predicted molar refractivity (Wildman–Crippen MR) is 107 cm³/mol. The quantitative estimate of drug-likeness (QED) is 0.713. The van der Waals surface area contributed by atoms with Crippen molar-refractivity contribution in [2.45, 2.75) is 6.61 Å². The molecular weight excluding hydrogens is 356 g/mol. The van der Waals surface area contributed by atoms with Crippen molar-refractivity contribution in [2.75, 3.05) is 36.5 Å². The number of ether oxygens (including phenoxy) is 1. The number of aliphatic hydroxyl groups is 1. The van der Waals surface area contributed by atoms with Crippen LogP contribution in [0.15, 0.2) is 60.9 Å². The summed E-state index contributed by atoms with van der Waals surface area (Å²) in [6, 6.07) is 15.0. The van der Waals surface area contributed by atoms with Crippen LogP contribution >= 0.6 is 0 Å². The predicted octanol–water partition coefficient (Wildman–Crippen LogP) is 2.45. The fraction of sp³-hybridized carbons (Fsp3) is 0.238. The number of nitrogens with zero attached hydrogens (tertiary/aromatic N) is 3. The molecule has 1 fully saturated rings. The van der Waals surface area contributed by atoms with Gasteiger partial charge < -0.3 is 20.1 Å². The number of carbonyl (C=O) groups excluding carboxylic acids is 1. The van der Waals surface area contributed by atoms with Gasteiger partial charge in [0.15, 0.2) is 0 Å². The zero-order chi connectivity index (χ0) is 19.3.